The van der Waals surface area contributed by atoms with Crippen molar-refractivity contribution in [3.05, 3.63) is 30.6 Å². The molecule has 140 valence electrons. The quantitative estimate of drug-likeness (QED) is 0.747. The van der Waals surface area contributed by atoms with Crippen LogP contribution >= 0.6 is 0 Å². The number of ether oxygens (including phenoxy) is 2. The molecule has 0 aliphatic heterocycles. The van der Waals surface area contributed by atoms with Crippen LogP contribution in [0.1, 0.15) is 6.42 Å². The van der Waals surface area contributed by atoms with Crippen LogP contribution in [0, 0.1) is 5.92 Å². The molecule has 1 aliphatic rings. The highest BCUT2D eigenvalue weighted by Crippen LogP contribution is 2.39. The van der Waals surface area contributed by atoms with Gasteiger partial charge in [0.25, 0.3) is 0 Å². The van der Waals surface area contributed by atoms with E-state index in [9.17, 15) is 9.18 Å². The number of carbonyl (C=O) groups is 1. The van der Waals surface area contributed by atoms with E-state index in [0.29, 0.717) is 17.4 Å². The van der Waals surface area contributed by atoms with Gasteiger partial charge in [0.2, 0.25) is 11.8 Å². The lowest BCUT2D eigenvalue weighted by molar-refractivity contribution is -0.117. The van der Waals surface area contributed by atoms with Gasteiger partial charge in [-0.15, -0.1) is 0 Å². The third-order valence-electron chi connectivity index (χ3n) is 4.78. The third-order valence-corrected chi connectivity index (χ3v) is 4.78. The van der Waals surface area contributed by atoms with E-state index in [1.807, 2.05) is 17.7 Å². The minimum Gasteiger partial charge on any atom is -0.496 e. The molecule has 3 heterocycles. The molecule has 0 aromatic carbocycles. The first-order chi connectivity index (χ1) is 13.0. The second kappa shape index (κ2) is 6.53. The van der Waals surface area contributed by atoms with Gasteiger partial charge in [0.15, 0.2) is 0 Å². The van der Waals surface area contributed by atoms with Gasteiger partial charge in [-0.1, -0.05) is 0 Å². The van der Waals surface area contributed by atoms with Gasteiger partial charge in [0.1, 0.15) is 23.3 Å². The fraction of sp³-hybridized carbons (Fsp3) is 0.316. The van der Waals surface area contributed by atoms with Gasteiger partial charge < -0.3 is 19.4 Å². The number of anilines is 1. The van der Waals surface area contributed by atoms with E-state index in [-0.39, 0.29) is 12.3 Å². The van der Waals surface area contributed by atoms with Gasteiger partial charge in [0, 0.05) is 18.6 Å². The molecule has 0 unspecified atom stereocenters. The molecule has 0 saturated heterocycles. The molecule has 1 N–H and O–H groups in total. The molecule has 1 aliphatic carbocycles. The normalized spacial score (nSPS) is 18.4. The summed E-state index contributed by atoms with van der Waals surface area (Å²) in [5.41, 5.74) is 2.43. The van der Waals surface area contributed by atoms with Crippen LogP contribution in [0.3, 0.4) is 0 Å². The Bertz CT molecular complexity index is 1010. The Morgan fingerprint density at radius 1 is 1.30 bits per heavy atom. The van der Waals surface area contributed by atoms with E-state index in [1.165, 1.54) is 0 Å². The fourth-order valence-electron chi connectivity index (χ4n) is 3.18. The van der Waals surface area contributed by atoms with Gasteiger partial charge in [0.05, 0.1) is 37.5 Å². The maximum Gasteiger partial charge on any atom is 0.231 e. The van der Waals surface area contributed by atoms with Crippen molar-refractivity contribution in [1.82, 2.24) is 14.5 Å². The van der Waals surface area contributed by atoms with Crippen LogP contribution in [0.15, 0.2) is 30.6 Å². The first kappa shape index (κ1) is 17.3. The Balaban J connectivity index is 1.75. The number of aromatic nitrogens is 3. The number of rotatable bonds is 5. The molecule has 0 radical (unpaired) electrons. The Hall–Kier alpha value is -3.16. The van der Waals surface area contributed by atoms with Crippen molar-refractivity contribution in [3.63, 3.8) is 0 Å². The molecule has 7 nitrogen and oxygen atoms in total. The number of pyridine rings is 2. The second-order valence-corrected chi connectivity index (χ2v) is 6.46. The predicted octanol–water partition coefficient (Wildman–Crippen LogP) is 2.95. The van der Waals surface area contributed by atoms with E-state index in [4.69, 9.17) is 9.47 Å². The number of hydrogen-bond acceptors (Lipinski definition) is 5. The van der Waals surface area contributed by atoms with Crippen molar-refractivity contribution < 1.29 is 18.7 Å². The van der Waals surface area contributed by atoms with Crippen LogP contribution in [0.2, 0.25) is 0 Å². The van der Waals surface area contributed by atoms with E-state index in [0.717, 1.165) is 22.2 Å². The highest BCUT2D eigenvalue weighted by atomic mass is 19.1. The summed E-state index contributed by atoms with van der Waals surface area (Å²) in [5, 5.41) is 3.55. The number of methoxy groups -OCH3 is 2. The molecule has 3 aromatic rings. The van der Waals surface area contributed by atoms with Crippen LogP contribution in [-0.2, 0) is 11.8 Å². The first-order valence-corrected chi connectivity index (χ1v) is 8.51. The summed E-state index contributed by atoms with van der Waals surface area (Å²) in [6.07, 6.45) is 2.53. The minimum absolute atomic E-state index is 0.282. The van der Waals surface area contributed by atoms with Gasteiger partial charge in [-0.05, 0) is 24.6 Å². The Morgan fingerprint density at radius 3 is 2.74 bits per heavy atom. The SMILES string of the molecule is COc1ccnc(OC)c1-c1cc2cc(NC(=O)[C@H]3C[C@H]3F)ncc2n1C. The number of alkyl halides is 1. The molecular weight excluding hydrogens is 351 g/mol. The number of fused-ring (bicyclic) bond motifs is 1. The zero-order chi connectivity index (χ0) is 19.1. The number of halogens is 1. The molecule has 2 atom stereocenters. The van der Waals surface area contributed by atoms with Crippen LogP contribution in [0.4, 0.5) is 10.2 Å². The molecule has 8 heteroatoms. The summed E-state index contributed by atoms with van der Waals surface area (Å²) in [6.45, 7) is 0. The number of aryl methyl sites for hydroxylation is 1. The van der Waals surface area contributed by atoms with Crippen molar-refractivity contribution >= 4 is 22.6 Å². The molecule has 27 heavy (non-hydrogen) atoms. The highest BCUT2D eigenvalue weighted by Gasteiger charge is 2.43. The lowest BCUT2D eigenvalue weighted by Crippen LogP contribution is -2.15. The number of nitrogens with one attached hydrogen (secondary N) is 1. The lowest BCUT2D eigenvalue weighted by atomic mass is 10.1. The van der Waals surface area contributed by atoms with Crippen molar-refractivity contribution in [2.45, 2.75) is 12.6 Å². The van der Waals surface area contributed by atoms with Crippen LogP contribution in [0.25, 0.3) is 22.2 Å². The maximum atomic E-state index is 13.1. The smallest absolute Gasteiger partial charge is 0.231 e. The van der Waals surface area contributed by atoms with Crippen molar-refractivity contribution in [2.24, 2.45) is 13.0 Å². The second-order valence-electron chi connectivity index (χ2n) is 6.46. The van der Waals surface area contributed by atoms with Crippen molar-refractivity contribution in [3.8, 4) is 22.9 Å². The lowest BCUT2D eigenvalue weighted by Gasteiger charge is -2.12. The van der Waals surface area contributed by atoms with Gasteiger partial charge in [-0.25, -0.2) is 14.4 Å². The first-order valence-electron chi connectivity index (χ1n) is 8.51. The van der Waals surface area contributed by atoms with E-state index < -0.39 is 12.1 Å². The molecular formula is C19H19FN4O3. The van der Waals surface area contributed by atoms with Crippen LogP contribution in [0.5, 0.6) is 11.6 Å². The zero-order valence-electron chi connectivity index (χ0n) is 15.2. The van der Waals surface area contributed by atoms with E-state index in [2.05, 4.69) is 15.3 Å². The van der Waals surface area contributed by atoms with Gasteiger partial charge in [-0.3, -0.25) is 4.79 Å². The summed E-state index contributed by atoms with van der Waals surface area (Å²) in [7, 11) is 5.05. The highest BCUT2D eigenvalue weighted by molar-refractivity contribution is 5.96. The standard InChI is InChI=1S/C19H19FN4O3/c1-24-13(17-15(26-2)4-5-21-19(17)27-3)6-10-7-16(22-9-14(10)24)23-18(25)11-8-12(11)20/h4-7,9,11-12H,8H2,1-3H3,(H,22,23,25)/t11-,12+/m0/s1. The molecule has 3 aromatic heterocycles. The molecule has 1 amide bonds. The predicted molar refractivity (Wildman–Crippen MR) is 98.7 cm³/mol. The minimum atomic E-state index is -1.04. The average Bonchev–Trinajstić information content (AvgIpc) is 3.33. The summed E-state index contributed by atoms with van der Waals surface area (Å²) < 4.78 is 25.9. The summed E-state index contributed by atoms with van der Waals surface area (Å²) >= 11 is 0. The van der Waals surface area contributed by atoms with Crippen molar-refractivity contribution in [2.75, 3.05) is 19.5 Å². The topological polar surface area (TPSA) is 78.3 Å². The fourth-order valence-corrected chi connectivity index (χ4v) is 3.18. The Morgan fingerprint density at radius 2 is 2.07 bits per heavy atom. The largest absolute Gasteiger partial charge is 0.496 e. The molecule has 1 saturated carbocycles. The molecule has 0 bridgehead atoms. The average molecular weight is 370 g/mol. The van der Waals surface area contributed by atoms with Gasteiger partial charge >= 0.3 is 0 Å². The van der Waals surface area contributed by atoms with Crippen LogP contribution < -0.4 is 14.8 Å². The summed E-state index contributed by atoms with van der Waals surface area (Å²) in [4.78, 5) is 20.5. The van der Waals surface area contributed by atoms with E-state index >= 15 is 0 Å². The molecule has 4 rings (SSSR count). The molecule has 0 spiro atoms. The van der Waals surface area contributed by atoms with Gasteiger partial charge in [-0.2, -0.15) is 0 Å². The Kier molecular flexibility index (Phi) is 4.18. The summed E-state index contributed by atoms with van der Waals surface area (Å²) in [5.74, 6) is 0.592. The number of carbonyl (C=O) groups excluding carboxylic acids is 1. The number of nitrogens with zero attached hydrogens (tertiary/aromatic N) is 3. The summed E-state index contributed by atoms with van der Waals surface area (Å²) in [6, 6.07) is 5.48. The number of amides is 1. The van der Waals surface area contributed by atoms with Crippen LogP contribution in [-0.4, -0.2) is 40.8 Å². The monoisotopic (exact) mass is 370 g/mol. The van der Waals surface area contributed by atoms with Crippen molar-refractivity contribution in [1.29, 1.82) is 0 Å². The Labute approximate surface area is 155 Å². The third kappa shape index (κ3) is 2.97. The van der Waals surface area contributed by atoms with E-state index in [1.54, 1.807) is 38.7 Å². The number of hydrogen-bond donors (Lipinski definition) is 1. The zero-order valence-corrected chi connectivity index (χ0v) is 15.2. The molecule has 1 fully saturated rings. The maximum absolute atomic E-state index is 13.1.